The molecule has 1 heterocycles. The van der Waals surface area contributed by atoms with E-state index in [0.29, 0.717) is 29.2 Å². The van der Waals surface area contributed by atoms with E-state index < -0.39 is 0 Å². The van der Waals surface area contributed by atoms with Crippen LogP contribution in [0.5, 0.6) is 5.88 Å². The Morgan fingerprint density at radius 2 is 2.06 bits per heavy atom. The third kappa shape index (κ3) is 3.07. The number of nitrogens with zero attached hydrogens (tertiary/aromatic N) is 2. The number of ether oxygens (including phenoxy) is 1. The lowest BCUT2D eigenvalue weighted by Crippen LogP contribution is -2.02. The lowest BCUT2D eigenvalue weighted by atomic mass is 10.2. The van der Waals surface area contributed by atoms with Crippen LogP contribution < -0.4 is 10.5 Å². The van der Waals surface area contributed by atoms with Crippen LogP contribution in [0.25, 0.3) is 0 Å². The number of halogens is 1. The Morgan fingerprint density at radius 3 is 2.76 bits per heavy atom. The van der Waals surface area contributed by atoms with Gasteiger partial charge in [-0.3, -0.25) is 0 Å². The van der Waals surface area contributed by atoms with Gasteiger partial charge in [-0.05, 0) is 13.0 Å². The van der Waals surface area contributed by atoms with Crippen LogP contribution in [0.15, 0.2) is 30.3 Å². The average Bonchev–Trinajstić information content (AvgIpc) is 2.27. The second-order valence-corrected chi connectivity index (χ2v) is 3.97. The van der Waals surface area contributed by atoms with Crippen molar-refractivity contribution in [3.8, 4) is 5.88 Å². The minimum absolute atomic E-state index is 0.357. The summed E-state index contributed by atoms with van der Waals surface area (Å²) in [6.07, 6.45) is 0. The van der Waals surface area contributed by atoms with Crippen LogP contribution in [0.4, 0.5) is 5.82 Å². The molecule has 5 heteroatoms. The number of rotatable bonds is 3. The number of aromatic nitrogens is 2. The molecule has 0 fully saturated rings. The molecule has 0 atom stereocenters. The summed E-state index contributed by atoms with van der Waals surface area (Å²) in [4.78, 5) is 8.09. The van der Waals surface area contributed by atoms with Gasteiger partial charge >= 0.3 is 0 Å². The Labute approximate surface area is 104 Å². The molecular formula is C12H12ClN3O. The Bertz CT molecular complexity index is 511. The monoisotopic (exact) mass is 249 g/mol. The predicted octanol–water partition coefficient (Wildman–Crippen LogP) is 2.60. The molecule has 0 amide bonds. The summed E-state index contributed by atoms with van der Waals surface area (Å²) in [6.45, 7) is 2.12. The first-order valence-electron chi connectivity index (χ1n) is 5.12. The molecule has 88 valence electrons. The molecule has 17 heavy (non-hydrogen) atoms. The summed E-state index contributed by atoms with van der Waals surface area (Å²) in [5.74, 6) is 1.43. The molecule has 0 unspecified atom stereocenters. The molecule has 0 radical (unpaired) electrons. The van der Waals surface area contributed by atoms with Gasteiger partial charge in [0.1, 0.15) is 18.2 Å². The van der Waals surface area contributed by atoms with Crippen molar-refractivity contribution in [2.24, 2.45) is 0 Å². The van der Waals surface area contributed by atoms with Gasteiger partial charge in [-0.25, -0.2) is 4.98 Å². The summed E-state index contributed by atoms with van der Waals surface area (Å²) in [5.41, 5.74) is 6.51. The van der Waals surface area contributed by atoms with E-state index in [2.05, 4.69) is 9.97 Å². The van der Waals surface area contributed by atoms with Crippen molar-refractivity contribution in [2.75, 3.05) is 5.73 Å². The van der Waals surface area contributed by atoms with Gasteiger partial charge in [-0.1, -0.05) is 29.8 Å². The predicted molar refractivity (Wildman–Crippen MR) is 67.0 cm³/mol. The average molecular weight is 250 g/mol. The largest absolute Gasteiger partial charge is 0.473 e. The standard InChI is InChI=1S/C12H12ClN3O/c1-8-15-11(14)6-12(16-8)17-7-9-4-2-3-5-10(9)13/h2-6H,7H2,1H3,(H2,14,15,16). The zero-order valence-corrected chi connectivity index (χ0v) is 10.1. The van der Waals surface area contributed by atoms with Crippen LogP contribution in [0.1, 0.15) is 11.4 Å². The van der Waals surface area contributed by atoms with Crippen LogP contribution in [0.3, 0.4) is 0 Å². The number of nitrogens with two attached hydrogens (primary N) is 1. The van der Waals surface area contributed by atoms with Crippen molar-refractivity contribution in [3.63, 3.8) is 0 Å². The molecule has 0 saturated carbocycles. The SMILES string of the molecule is Cc1nc(N)cc(OCc2ccccc2Cl)n1. The van der Waals surface area contributed by atoms with Crippen molar-refractivity contribution in [2.45, 2.75) is 13.5 Å². The zero-order chi connectivity index (χ0) is 12.3. The van der Waals surface area contributed by atoms with Crippen molar-refractivity contribution in [1.29, 1.82) is 0 Å². The fourth-order valence-electron chi connectivity index (χ4n) is 1.40. The zero-order valence-electron chi connectivity index (χ0n) is 9.35. The smallest absolute Gasteiger partial charge is 0.219 e. The molecule has 1 aromatic heterocycles. The first-order chi connectivity index (χ1) is 8.15. The molecule has 1 aromatic carbocycles. The van der Waals surface area contributed by atoms with Gasteiger partial charge in [0.05, 0.1) is 0 Å². The summed E-state index contributed by atoms with van der Waals surface area (Å²) in [5, 5.41) is 0.672. The lowest BCUT2D eigenvalue weighted by Gasteiger charge is -2.07. The first kappa shape index (κ1) is 11.7. The van der Waals surface area contributed by atoms with Crippen LogP contribution in [0.2, 0.25) is 5.02 Å². The maximum Gasteiger partial charge on any atom is 0.219 e. The summed E-state index contributed by atoms with van der Waals surface area (Å²) in [6, 6.07) is 9.09. The highest BCUT2D eigenvalue weighted by Gasteiger charge is 2.03. The fourth-order valence-corrected chi connectivity index (χ4v) is 1.59. The van der Waals surface area contributed by atoms with Crippen LogP contribution in [0, 0.1) is 6.92 Å². The minimum atomic E-state index is 0.357. The minimum Gasteiger partial charge on any atom is -0.473 e. The third-order valence-electron chi connectivity index (χ3n) is 2.17. The van der Waals surface area contributed by atoms with E-state index in [9.17, 15) is 0 Å². The Morgan fingerprint density at radius 1 is 1.29 bits per heavy atom. The van der Waals surface area contributed by atoms with Gasteiger partial charge in [-0.2, -0.15) is 4.98 Å². The van der Waals surface area contributed by atoms with E-state index >= 15 is 0 Å². The van der Waals surface area contributed by atoms with Gasteiger partial charge < -0.3 is 10.5 Å². The molecule has 2 rings (SSSR count). The number of hydrogen-bond donors (Lipinski definition) is 1. The van der Waals surface area contributed by atoms with E-state index in [1.165, 1.54) is 0 Å². The first-order valence-corrected chi connectivity index (χ1v) is 5.50. The van der Waals surface area contributed by atoms with Crippen molar-refractivity contribution in [1.82, 2.24) is 9.97 Å². The third-order valence-corrected chi connectivity index (χ3v) is 2.54. The lowest BCUT2D eigenvalue weighted by molar-refractivity contribution is 0.293. The molecule has 0 aliphatic rings. The second kappa shape index (κ2) is 5.01. The van der Waals surface area contributed by atoms with E-state index in [1.807, 2.05) is 24.3 Å². The normalized spacial score (nSPS) is 10.2. The topological polar surface area (TPSA) is 61.0 Å². The fraction of sp³-hybridized carbons (Fsp3) is 0.167. The second-order valence-electron chi connectivity index (χ2n) is 3.56. The van der Waals surface area contributed by atoms with Crippen LogP contribution in [-0.4, -0.2) is 9.97 Å². The molecule has 0 aliphatic heterocycles. The number of anilines is 1. The molecule has 0 aliphatic carbocycles. The molecule has 4 nitrogen and oxygen atoms in total. The van der Waals surface area contributed by atoms with Crippen LogP contribution in [-0.2, 0) is 6.61 Å². The molecular weight excluding hydrogens is 238 g/mol. The maximum atomic E-state index is 6.02. The Hall–Kier alpha value is -1.81. The van der Waals surface area contributed by atoms with Gasteiger partial charge in [0, 0.05) is 16.7 Å². The van der Waals surface area contributed by atoms with Crippen LogP contribution >= 0.6 is 11.6 Å². The van der Waals surface area contributed by atoms with E-state index in [-0.39, 0.29) is 0 Å². The van der Waals surface area contributed by atoms with Gasteiger partial charge in [-0.15, -0.1) is 0 Å². The molecule has 0 spiro atoms. The quantitative estimate of drug-likeness (QED) is 0.908. The number of benzene rings is 1. The molecule has 2 N–H and O–H groups in total. The molecule has 2 aromatic rings. The van der Waals surface area contributed by atoms with E-state index in [0.717, 1.165) is 5.56 Å². The van der Waals surface area contributed by atoms with Gasteiger partial charge in [0.15, 0.2) is 0 Å². The Balaban J connectivity index is 2.10. The highest BCUT2D eigenvalue weighted by Crippen LogP contribution is 2.18. The van der Waals surface area contributed by atoms with E-state index in [4.69, 9.17) is 22.1 Å². The summed E-state index contributed by atoms with van der Waals surface area (Å²) < 4.78 is 5.52. The molecule has 0 bridgehead atoms. The number of nitrogen functional groups attached to an aromatic ring is 1. The highest BCUT2D eigenvalue weighted by molar-refractivity contribution is 6.31. The highest BCUT2D eigenvalue weighted by atomic mass is 35.5. The van der Waals surface area contributed by atoms with Crippen molar-refractivity contribution >= 4 is 17.4 Å². The summed E-state index contributed by atoms with van der Waals surface area (Å²) >= 11 is 6.02. The summed E-state index contributed by atoms with van der Waals surface area (Å²) in [7, 11) is 0. The Kier molecular flexibility index (Phi) is 3.44. The molecule has 0 saturated heterocycles. The van der Waals surface area contributed by atoms with Crippen molar-refractivity contribution in [3.05, 3.63) is 46.7 Å². The van der Waals surface area contributed by atoms with Gasteiger partial charge in [0.2, 0.25) is 5.88 Å². The van der Waals surface area contributed by atoms with Gasteiger partial charge in [0.25, 0.3) is 0 Å². The van der Waals surface area contributed by atoms with Crippen molar-refractivity contribution < 1.29 is 4.74 Å². The number of hydrogen-bond acceptors (Lipinski definition) is 4. The van der Waals surface area contributed by atoms with E-state index in [1.54, 1.807) is 13.0 Å². The maximum absolute atomic E-state index is 6.02. The number of aryl methyl sites for hydroxylation is 1.